The lowest BCUT2D eigenvalue weighted by atomic mass is 10.2. The van der Waals surface area contributed by atoms with Gasteiger partial charge in [0.15, 0.2) is 0 Å². The fraction of sp³-hybridized carbons (Fsp3) is 0.833. The highest BCUT2D eigenvalue weighted by Crippen LogP contribution is 1.98. The molecule has 53 valence electrons. The number of nitrogens with zero attached hydrogens (tertiary/aromatic N) is 1. The number of carbonyl (C=O) groups is 1. The van der Waals surface area contributed by atoms with E-state index in [1.807, 2.05) is 13.8 Å². The topological polar surface area (TPSA) is 44.1 Å². The first-order valence-electron chi connectivity index (χ1n) is 3.08. The molecular formula is C6H13N2O. The molecule has 1 radical (unpaired) electrons. The summed E-state index contributed by atoms with van der Waals surface area (Å²) in [5.41, 5.74) is 6.70. The molecule has 0 saturated heterocycles. The lowest BCUT2D eigenvalue weighted by Gasteiger charge is -2.20. The SMILES string of the molecule is CCC(C)N(C)C([NH])=O. The van der Waals surface area contributed by atoms with E-state index in [0.717, 1.165) is 6.42 Å². The molecule has 0 aromatic heterocycles. The monoisotopic (exact) mass is 129 g/mol. The van der Waals surface area contributed by atoms with Crippen LogP contribution in [0.4, 0.5) is 4.79 Å². The number of hydrogen-bond donors (Lipinski definition) is 0. The Morgan fingerprint density at radius 3 is 2.33 bits per heavy atom. The molecule has 0 spiro atoms. The van der Waals surface area contributed by atoms with E-state index in [-0.39, 0.29) is 6.04 Å². The van der Waals surface area contributed by atoms with Crippen LogP contribution >= 0.6 is 0 Å². The summed E-state index contributed by atoms with van der Waals surface area (Å²) in [6, 6.07) is -0.417. The molecule has 1 N–H and O–H groups in total. The Morgan fingerprint density at radius 1 is 1.78 bits per heavy atom. The number of urea groups is 1. The maximum absolute atomic E-state index is 10.3. The molecule has 3 nitrogen and oxygen atoms in total. The van der Waals surface area contributed by atoms with Crippen molar-refractivity contribution in [2.24, 2.45) is 0 Å². The Bertz CT molecular complexity index is 103. The van der Waals surface area contributed by atoms with Crippen LogP contribution in [-0.2, 0) is 0 Å². The van der Waals surface area contributed by atoms with Gasteiger partial charge in [-0.1, -0.05) is 6.92 Å². The number of nitrogens with one attached hydrogen (secondary N) is 1. The van der Waals surface area contributed by atoms with E-state index in [9.17, 15) is 4.79 Å². The Balaban J connectivity index is 3.72. The van der Waals surface area contributed by atoms with Gasteiger partial charge in [-0.05, 0) is 13.3 Å². The highest BCUT2D eigenvalue weighted by molar-refractivity contribution is 5.71. The molecule has 0 aromatic carbocycles. The first-order valence-corrected chi connectivity index (χ1v) is 3.08. The average molecular weight is 129 g/mol. The molecule has 0 fully saturated rings. The van der Waals surface area contributed by atoms with Crippen molar-refractivity contribution in [3.05, 3.63) is 0 Å². The normalized spacial score (nSPS) is 12.8. The van der Waals surface area contributed by atoms with Crippen LogP contribution < -0.4 is 5.73 Å². The van der Waals surface area contributed by atoms with E-state index in [0.29, 0.717) is 0 Å². The minimum atomic E-state index is -0.607. The highest BCUT2D eigenvalue weighted by atomic mass is 16.2. The predicted octanol–water partition coefficient (Wildman–Crippen LogP) is 1.12. The molecule has 0 aliphatic carbocycles. The number of hydrogen-bond acceptors (Lipinski definition) is 1. The second-order valence-corrected chi connectivity index (χ2v) is 2.17. The largest absolute Gasteiger partial charge is 0.336 e. The van der Waals surface area contributed by atoms with Crippen LogP contribution in [0, 0.1) is 0 Å². The van der Waals surface area contributed by atoms with Crippen LogP contribution in [-0.4, -0.2) is 24.0 Å². The van der Waals surface area contributed by atoms with Crippen LogP contribution in [0.3, 0.4) is 0 Å². The van der Waals surface area contributed by atoms with Gasteiger partial charge in [-0.25, -0.2) is 10.5 Å². The summed E-state index contributed by atoms with van der Waals surface area (Å²) < 4.78 is 0. The lowest BCUT2D eigenvalue weighted by molar-refractivity contribution is 0.201. The van der Waals surface area contributed by atoms with Gasteiger partial charge >= 0.3 is 6.03 Å². The standard InChI is InChI=1S/C6H13N2O/c1-4-5(2)8(3)6(7)9/h5,7H,4H2,1-3H3. The zero-order valence-electron chi connectivity index (χ0n) is 6.14. The molecule has 0 bridgehead atoms. The van der Waals surface area contributed by atoms with Crippen LogP contribution in [0.5, 0.6) is 0 Å². The molecule has 9 heavy (non-hydrogen) atoms. The Morgan fingerprint density at radius 2 is 2.22 bits per heavy atom. The van der Waals surface area contributed by atoms with Gasteiger partial charge in [0.25, 0.3) is 0 Å². The van der Waals surface area contributed by atoms with Gasteiger partial charge < -0.3 is 4.90 Å². The first-order chi connectivity index (χ1) is 4.09. The third-order valence-corrected chi connectivity index (χ3v) is 1.57. The van der Waals surface area contributed by atoms with Crippen molar-refractivity contribution in [2.45, 2.75) is 26.3 Å². The fourth-order valence-corrected chi connectivity index (χ4v) is 0.474. The van der Waals surface area contributed by atoms with E-state index in [1.54, 1.807) is 7.05 Å². The number of amides is 2. The van der Waals surface area contributed by atoms with Crippen molar-refractivity contribution in [3.63, 3.8) is 0 Å². The van der Waals surface area contributed by atoms with Crippen LogP contribution in [0.25, 0.3) is 0 Å². The summed E-state index contributed by atoms with van der Waals surface area (Å²) in [5, 5.41) is 0. The quantitative estimate of drug-likeness (QED) is 0.551. The third kappa shape index (κ3) is 2.35. The molecule has 1 unspecified atom stereocenters. The molecular weight excluding hydrogens is 116 g/mol. The smallest absolute Gasteiger partial charge is 0.324 e. The van der Waals surface area contributed by atoms with Crippen molar-refractivity contribution >= 4 is 6.03 Å². The second kappa shape index (κ2) is 3.33. The molecule has 0 aliphatic heterocycles. The van der Waals surface area contributed by atoms with Gasteiger partial charge in [-0.3, -0.25) is 0 Å². The van der Waals surface area contributed by atoms with Crippen molar-refractivity contribution in [2.75, 3.05) is 7.05 Å². The minimum Gasteiger partial charge on any atom is -0.324 e. The third-order valence-electron chi connectivity index (χ3n) is 1.57. The highest BCUT2D eigenvalue weighted by Gasteiger charge is 2.09. The molecule has 0 rings (SSSR count). The van der Waals surface area contributed by atoms with E-state index >= 15 is 0 Å². The van der Waals surface area contributed by atoms with Crippen LogP contribution in [0.2, 0.25) is 0 Å². The van der Waals surface area contributed by atoms with Gasteiger partial charge in [0.2, 0.25) is 0 Å². The number of carbonyl (C=O) groups excluding carboxylic acids is 1. The van der Waals surface area contributed by atoms with E-state index in [4.69, 9.17) is 5.73 Å². The summed E-state index contributed by atoms with van der Waals surface area (Å²) >= 11 is 0. The second-order valence-electron chi connectivity index (χ2n) is 2.17. The number of rotatable bonds is 2. The predicted molar refractivity (Wildman–Crippen MR) is 36.0 cm³/mol. The van der Waals surface area contributed by atoms with E-state index in [1.165, 1.54) is 4.90 Å². The van der Waals surface area contributed by atoms with Crippen molar-refractivity contribution < 1.29 is 4.79 Å². The van der Waals surface area contributed by atoms with Gasteiger partial charge in [-0.15, -0.1) is 0 Å². The fourth-order valence-electron chi connectivity index (χ4n) is 0.474. The maximum Gasteiger partial charge on any atom is 0.336 e. The van der Waals surface area contributed by atoms with Crippen molar-refractivity contribution in [3.8, 4) is 0 Å². The minimum absolute atomic E-state index is 0.190. The van der Waals surface area contributed by atoms with Gasteiger partial charge in [0.1, 0.15) is 0 Å². The Labute approximate surface area is 55.8 Å². The molecule has 0 aromatic rings. The van der Waals surface area contributed by atoms with Gasteiger partial charge in [0, 0.05) is 13.1 Å². The first kappa shape index (κ1) is 8.27. The molecule has 2 amide bonds. The molecule has 0 saturated carbocycles. The molecule has 0 aliphatic rings. The average Bonchev–Trinajstić information content (AvgIpc) is 1.84. The lowest BCUT2D eigenvalue weighted by Crippen LogP contribution is -2.33. The molecule has 0 heterocycles. The van der Waals surface area contributed by atoms with Crippen molar-refractivity contribution in [1.29, 1.82) is 0 Å². The Kier molecular flexibility index (Phi) is 3.06. The summed E-state index contributed by atoms with van der Waals surface area (Å²) in [6.07, 6.45) is 0.904. The van der Waals surface area contributed by atoms with Crippen molar-refractivity contribution in [1.82, 2.24) is 10.6 Å². The molecule has 1 atom stereocenters. The summed E-state index contributed by atoms with van der Waals surface area (Å²) in [4.78, 5) is 11.8. The zero-order valence-corrected chi connectivity index (χ0v) is 6.14. The Hall–Kier alpha value is -0.730. The maximum atomic E-state index is 10.3. The van der Waals surface area contributed by atoms with E-state index in [2.05, 4.69) is 0 Å². The zero-order chi connectivity index (χ0) is 7.44. The molecule has 3 heteroatoms. The summed E-state index contributed by atoms with van der Waals surface area (Å²) in [6.45, 7) is 3.91. The van der Waals surface area contributed by atoms with Gasteiger partial charge in [0.05, 0.1) is 0 Å². The van der Waals surface area contributed by atoms with E-state index < -0.39 is 6.03 Å². The van der Waals surface area contributed by atoms with Crippen LogP contribution in [0.15, 0.2) is 0 Å². The van der Waals surface area contributed by atoms with Crippen LogP contribution in [0.1, 0.15) is 20.3 Å². The summed E-state index contributed by atoms with van der Waals surface area (Å²) in [5.74, 6) is 0. The van der Waals surface area contributed by atoms with Gasteiger partial charge in [-0.2, -0.15) is 0 Å². The summed E-state index contributed by atoms with van der Waals surface area (Å²) in [7, 11) is 1.64.